The fourth-order valence-corrected chi connectivity index (χ4v) is 1.77. The number of hydrogen-bond acceptors (Lipinski definition) is 5. The van der Waals surface area contributed by atoms with Gasteiger partial charge in [0.05, 0.1) is 12.2 Å². The molecule has 0 aliphatic heterocycles. The van der Waals surface area contributed by atoms with Crippen LogP contribution < -0.4 is 4.90 Å². The van der Waals surface area contributed by atoms with Gasteiger partial charge in [-0.3, -0.25) is 5.10 Å². The molecule has 0 aliphatic carbocycles. The van der Waals surface area contributed by atoms with Gasteiger partial charge in [-0.15, -0.1) is 0 Å². The highest BCUT2D eigenvalue weighted by Crippen LogP contribution is 2.16. The van der Waals surface area contributed by atoms with Crippen LogP contribution in [0.25, 0.3) is 0 Å². The van der Waals surface area contributed by atoms with Crippen LogP contribution in [0, 0.1) is 6.92 Å². The minimum atomic E-state index is 0.772. The number of nitrogens with zero attached hydrogens (tertiary/aromatic N) is 4. The second-order valence-electron chi connectivity index (χ2n) is 3.06. The summed E-state index contributed by atoms with van der Waals surface area (Å²) < 4.78 is 4.13. The van der Waals surface area contributed by atoms with Crippen LogP contribution in [0.5, 0.6) is 0 Å². The maximum absolute atomic E-state index is 4.29. The van der Waals surface area contributed by atoms with Crippen molar-refractivity contribution in [1.29, 1.82) is 0 Å². The standard InChI is InChI=1S/C8H11N5S/c1-6-10-8(14-12-6)13(2)5-7-3-4-9-11-7/h3-4H,5H2,1-2H3,(H,9,11). The fourth-order valence-electron chi connectivity index (χ4n) is 1.14. The summed E-state index contributed by atoms with van der Waals surface area (Å²) >= 11 is 1.41. The number of nitrogens with one attached hydrogen (secondary N) is 1. The molecular weight excluding hydrogens is 198 g/mol. The van der Waals surface area contributed by atoms with Gasteiger partial charge in [-0.25, -0.2) is 4.98 Å². The van der Waals surface area contributed by atoms with Gasteiger partial charge in [-0.1, -0.05) is 0 Å². The molecule has 2 aromatic rings. The van der Waals surface area contributed by atoms with E-state index in [9.17, 15) is 0 Å². The predicted octanol–water partition coefficient (Wildman–Crippen LogP) is 1.21. The molecule has 1 N–H and O–H groups in total. The van der Waals surface area contributed by atoms with Crippen LogP contribution in [0.3, 0.4) is 0 Å². The van der Waals surface area contributed by atoms with Gasteiger partial charge < -0.3 is 4.90 Å². The first kappa shape index (κ1) is 9.14. The molecular formula is C8H11N5S. The summed E-state index contributed by atoms with van der Waals surface area (Å²) in [6, 6.07) is 1.95. The van der Waals surface area contributed by atoms with Crippen molar-refractivity contribution >= 4 is 16.7 Å². The van der Waals surface area contributed by atoms with E-state index in [-0.39, 0.29) is 0 Å². The van der Waals surface area contributed by atoms with Crippen LogP contribution in [0.2, 0.25) is 0 Å². The van der Waals surface area contributed by atoms with Crippen molar-refractivity contribution in [2.24, 2.45) is 0 Å². The zero-order valence-corrected chi connectivity index (χ0v) is 8.88. The van der Waals surface area contributed by atoms with E-state index in [1.54, 1.807) is 6.20 Å². The van der Waals surface area contributed by atoms with Crippen LogP contribution in [-0.4, -0.2) is 26.6 Å². The summed E-state index contributed by atoms with van der Waals surface area (Å²) in [5.41, 5.74) is 1.07. The third-order valence-electron chi connectivity index (χ3n) is 1.81. The lowest BCUT2D eigenvalue weighted by Gasteiger charge is -2.12. The highest BCUT2D eigenvalue weighted by Gasteiger charge is 2.07. The first-order valence-corrected chi connectivity index (χ1v) is 5.03. The van der Waals surface area contributed by atoms with Gasteiger partial charge in [-0.2, -0.15) is 9.47 Å². The van der Waals surface area contributed by atoms with E-state index in [0.29, 0.717) is 0 Å². The van der Waals surface area contributed by atoms with Crippen LogP contribution in [0.4, 0.5) is 5.13 Å². The Morgan fingerprint density at radius 1 is 1.57 bits per heavy atom. The Morgan fingerprint density at radius 2 is 2.43 bits per heavy atom. The number of aryl methyl sites for hydroxylation is 1. The first-order chi connectivity index (χ1) is 6.75. The lowest BCUT2D eigenvalue weighted by Crippen LogP contribution is -2.16. The molecule has 0 saturated heterocycles. The van der Waals surface area contributed by atoms with E-state index in [1.165, 1.54) is 11.5 Å². The van der Waals surface area contributed by atoms with Gasteiger partial charge in [0.15, 0.2) is 0 Å². The quantitative estimate of drug-likeness (QED) is 0.825. The molecule has 14 heavy (non-hydrogen) atoms. The predicted molar refractivity (Wildman–Crippen MR) is 55.3 cm³/mol. The zero-order chi connectivity index (χ0) is 9.97. The number of H-pyrrole nitrogens is 1. The van der Waals surface area contributed by atoms with Crippen LogP contribution in [0.1, 0.15) is 11.5 Å². The summed E-state index contributed by atoms with van der Waals surface area (Å²) in [7, 11) is 1.99. The van der Waals surface area contributed by atoms with Crippen molar-refractivity contribution in [3.05, 3.63) is 23.8 Å². The minimum Gasteiger partial charge on any atom is -0.344 e. The van der Waals surface area contributed by atoms with Crippen molar-refractivity contribution in [2.75, 3.05) is 11.9 Å². The van der Waals surface area contributed by atoms with E-state index in [2.05, 4.69) is 19.6 Å². The Hall–Kier alpha value is -1.43. The van der Waals surface area contributed by atoms with Gasteiger partial charge in [0.2, 0.25) is 5.13 Å². The Bertz CT molecular complexity index is 394. The van der Waals surface area contributed by atoms with Crippen molar-refractivity contribution < 1.29 is 0 Å². The molecule has 0 atom stereocenters. The largest absolute Gasteiger partial charge is 0.344 e. The fraction of sp³-hybridized carbons (Fsp3) is 0.375. The van der Waals surface area contributed by atoms with Crippen LogP contribution in [-0.2, 0) is 6.54 Å². The van der Waals surface area contributed by atoms with Crippen molar-refractivity contribution in [1.82, 2.24) is 19.6 Å². The molecule has 2 heterocycles. The molecule has 0 bridgehead atoms. The lowest BCUT2D eigenvalue weighted by atomic mass is 10.4. The second-order valence-corrected chi connectivity index (χ2v) is 3.79. The Kier molecular flexibility index (Phi) is 2.45. The molecule has 2 rings (SSSR count). The monoisotopic (exact) mass is 209 g/mol. The molecule has 0 radical (unpaired) electrons. The Morgan fingerprint density at radius 3 is 3.00 bits per heavy atom. The van der Waals surface area contributed by atoms with E-state index in [1.807, 2.05) is 24.9 Å². The highest BCUT2D eigenvalue weighted by molar-refractivity contribution is 7.09. The smallest absolute Gasteiger partial charge is 0.205 e. The van der Waals surface area contributed by atoms with Gasteiger partial charge in [0, 0.05) is 24.8 Å². The van der Waals surface area contributed by atoms with Crippen LogP contribution in [0.15, 0.2) is 12.3 Å². The van der Waals surface area contributed by atoms with E-state index < -0.39 is 0 Å². The second kappa shape index (κ2) is 3.75. The average Bonchev–Trinajstić information content (AvgIpc) is 2.75. The molecule has 0 aliphatic rings. The molecule has 74 valence electrons. The minimum absolute atomic E-state index is 0.772. The molecule has 2 aromatic heterocycles. The summed E-state index contributed by atoms with van der Waals surface area (Å²) in [6.07, 6.45) is 1.74. The molecule has 0 amide bonds. The molecule has 0 saturated carbocycles. The normalized spacial score (nSPS) is 10.4. The number of aromatic amines is 1. The number of aromatic nitrogens is 4. The van der Waals surface area contributed by atoms with E-state index in [4.69, 9.17) is 0 Å². The molecule has 5 nitrogen and oxygen atoms in total. The average molecular weight is 209 g/mol. The van der Waals surface area contributed by atoms with Crippen molar-refractivity contribution in [3.8, 4) is 0 Å². The third-order valence-corrected chi connectivity index (χ3v) is 2.73. The number of anilines is 1. The van der Waals surface area contributed by atoms with Gasteiger partial charge in [-0.05, 0) is 13.0 Å². The molecule has 0 fully saturated rings. The lowest BCUT2D eigenvalue weighted by molar-refractivity contribution is 0.862. The van der Waals surface area contributed by atoms with Gasteiger partial charge in [0.1, 0.15) is 5.82 Å². The summed E-state index contributed by atoms with van der Waals surface area (Å²) in [4.78, 5) is 6.33. The first-order valence-electron chi connectivity index (χ1n) is 4.25. The summed E-state index contributed by atoms with van der Waals surface area (Å²) in [6.45, 7) is 2.67. The SMILES string of the molecule is Cc1nsc(N(C)Cc2ccn[nH]2)n1. The zero-order valence-electron chi connectivity index (χ0n) is 8.06. The Balaban J connectivity index is 2.06. The molecule has 6 heteroatoms. The molecule has 0 unspecified atom stereocenters. The van der Waals surface area contributed by atoms with E-state index in [0.717, 1.165) is 23.2 Å². The molecule has 0 spiro atoms. The van der Waals surface area contributed by atoms with Gasteiger partial charge >= 0.3 is 0 Å². The van der Waals surface area contributed by atoms with E-state index >= 15 is 0 Å². The maximum Gasteiger partial charge on any atom is 0.205 e. The van der Waals surface area contributed by atoms with Gasteiger partial charge in [0.25, 0.3) is 0 Å². The number of hydrogen-bond donors (Lipinski definition) is 1. The Labute approximate surface area is 86.0 Å². The topological polar surface area (TPSA) is 57.7 Å². The number of rotatable bonds is 3. The van der Waals surface area contributed by atoms with Crippen LogP contribution >= 0.6 is 11.5 Å². The summed E-state index contributed by atoms with van der Waals surface area (Å²) in [5, 5.41) is 7.73. The molecule has 0 aromatic carbocycles. The van der Waals surface area contributed by atoms with Crippen molar-refractivity contribution in [3.63, 3.8) is 0 Å². The summed E-state index contributed by atoms with van der Waals surface area (Å²) in [5.74, 6) is 0.821. The maximum atomic E-state index is 4.29. The third kappa shape index (κ3) is 1.90. The van der Waals surface area contributed by atoms with Crippen molar-refractivity contribution in [2.45, 2.75) is 13.5 Å². The highest BCUT2D eigenvalue weighted by atomic mass is 32.1.